The van der Waals surface area contributed by atoms with Crippen molar-refractivity contribution < 1.29 is 4.74 Å². The molecule has 8 rings (SSSR count). The van der Waals surface area contributed by atoms with Crippen LogP contribution in [0.25, 0.3) is 11.1 Å². The van der Waals surface area contributed by atoms with Gasteiger partial charge in [0, 0.05) is 28.2 Å². The summed E-state index contributed by atoms with van der Waals surface area (Å²) in [5.41, 5.74) is 10.3. The van der Waals surface area contributed by atoms with Crippen molar-refractivity contribution in [1.82, 2.24) is 0 Å². The number of rotatable bonds is 3. The molecule has 1 heterocycles. The van der Waals surface area contributed by atoms with Crippen LogP contribution in [0.2, 0.25) is 0 Å². The Morgan fingerprint density at radius 1 is 0.385 bits per heavy atom. The van der Waals surface area contributed by atoms with Gasteiger partial charge in [-0.3, -0.25) is 0 Å². The van der Waals surface area contributed by atoms with Crippen molar-refractivity contribution in [2.45, 2.75) is 5.41 Å². The first-order valence-corrected chi connectivity index (χ1v) is 13.4. The Hall–Kier alpha value is -5.08. The largest absolute Gasteiger partial charge is 0.457 e. The molecule has 6 aromatic rings. The van der Waals surface area contributed by atoms with Crippen molar-refractivity contribution in [3.8, 4) is 22.6 Å². The first-order valence-electron chi connectivity index (χ1n) is 13.4. The summed E-state index contributed by atoms with van der Waals surface area (Å²) in [6, 6.07) is 54.0. The van der Waals surface area contributed by atoms with Gasteiger partial charge in [-0.25, -0.2) is 0 Å². The van der Waals surface area contributed by atoms with E-state index in [9.17, 15) is 0 Å². The quantitative estimate of drug-likeness (QED) is 0.240. The predicted molar refractivity (Wildman–Crippen MR) is 159 cm³/mol. The lowest BCUT2D eigenvalue weighted by molar-refractivity contribution is 0.436. The summed E-state index contributed by atoms with van der Waals surface area (Å²) in [6.07, 6.45) is 0. The van der Waals surface area contributed by atoms with Crippen molar-refractivity contribution in [2.24, 2.45) is 0 Å². The highest BCUT2D eigenvalue weighted by atomic mass is 16.5. The van der Waals surface area contributed by atoms with E-state index in [4.69, 9.17) is 4.74 Å². The van der Waals surface area contributed by atoms with Crippen LogP contribution in [0.5, 0.6) is 11.5 Å². The summed E-state index contributed by atoms with van der Waals surface area (Å²) in [4.78, 5) is 2.32. The minimum atomic E-state index is -0.480. The maximum atomic E-state index is 6.62. The predicted octanol–water partition coefficient (Wildman–Crippen LogP) is 9.63. The minimum absolute atomic E-state index is 0.480. The molecule has 0 saturated carbocycles. The van der Waals surface area contributed by atoms with Gasteiger partial charge in [0.1, 0.15) is 11.5 Å². The van der Waals surface area contributed by atoms with E-state index in [1.54, 1.807) is 0 Å². The number of nitrogens with zero attached hydrogens (tertiary/aromatic N) is 1. The molecule has 0 aromatic heterocycles. The Morgan fingerprint density at radius 3 is 1.49 bits per heavy atom. The summed E-state index contributed by atoms with van der Waals surface area (Å²) in [5, 5.41) is 0. The summed E-state index contributed by atoms with van der Waals surface area (Å²) in [6.45, 7) is 0. The number of benzene rings is 6. The molecule has 184 valence electrons. The molecule has 2 heteroatoms. The van der Waals surface area contributed by atoms with Gasteiger partial charge in [-0.2, -0.15) is 0 Å². The Bertz CT molecular complexity index is 1760. The fraction of sp³-hybridized carbons (Fsp3) is 0.0270. The van der Waals surface area contributed by atoms with Crippen molar-refractivity contribution in [2.75, 3.05) is 4.90 Å². The first kappa shape index (κ1) is 22.0. The molecule has 0 unspecified atom stereocenters. The zero-order valence-corrected chi connectivity index (χ0v) is 21.3. The normalized spacial score (nSPS) is 13.5. The van der Waals surface area contributed by atoms with E-state index in [1.165, 1.54) is 27.8 Å². The van der Waals surface area contributed by atoms with Gasteiger partial charge < -0.3 is 9.64 Å². The fourth-order valence-corrected chi connectivity index (χ4v) is 6.58. The van der Waals surface area contributed by atoms with Gasteiger partial charge in [0.05, 0.1) is 5.41 Å². The van der Waals surface area contributed by atoms with E-state index in [-0.39, 0.29) is 0 Å². The van der Waals surface area contributed by atoms with Crippen LogP contribution in [-0.4, -0.2) is 0 Å². The number of fused-ring (bicyclic) bond motifs is 9. The van der Waals surface area contributed by atoms with Crippen molar-refractivity contribution >= 4 is 17.1 Å². The molecule has 1 spiro atoms. The van der Waals surface area contributed by atoms with E-state index in [0.717, 1.165) is 34.1 Å². The lowest BCUT2D eigenvalue weighted by atomic mass is 9.66. The molecule has 0 radical (unpaired) electrons. The zero-order chi connectivity index (χ0) is 25.8. The van der Waals surface area contributed by atoms with Crippen LogP contribution in [0.3, 0.4) is 0 Å². The third kappa shape index (κ3) is 3.09. The molecule has 0 atom stereocenters. The number of hydrogen-bond acceptors (Lipinski definition) is 2. The lowest BCUT2D eigenvalue weighted by Crippen LogP contribution is -2.32. The molecule has 6 aromatic carbocycles. The Balaban J connectivity index is 1.46. The molecule has 1 aliphatic heterocycles. The average molecular weight is 500 g/mol. The number of para-hydroxylation sites is 3. The lowest BCUT2D eigenvalue weighted by Gasteiger charge is -2.40. The zero-order valence-electron chi connectivity index (χ0n) is 21.3. The monoisotopic (exact) mass is 499 g/mol. The van der Waals surface area contributed by atoms with Crippen LogP contribution in [0.1, 0.15) is 22.3 Å². The average Bonchev–Trinajstić information content (AvgIpc) is 3.30. The Kier molecular flexibility index (Phi) is 4.77. The van der Waals surface area contributed by atoms with Crippen LogP contribution in [0.4, 0.5) is 17.1 Å². The van der Waals surface area contributed by atoms with Gasteiger partial charge in [0.15, 0.2) is 0 Å². The van der Waals surface area contributed by atoms with Gasteiger partial charge in [-0.05, 0) is 70.8 Å². The Morgan fingerprint density at radius 2 is 0.872 bits per heavy atom. The topological polar surface area (TPSA) is 12.5 Å². The van der Waals surface area contributed by atoms with E-state index >= 15 is 0 Å². The van der Waals surface area contributed by atoms with Gasteiger partial charge in [-0.15, -0.1) is 0 Å². The van der Waals surface area contributed by atoms with Gasteiger partial charge in [-0.1, -0.05) is 103 Å². The van der Waals surface area contributed by atoms with Crippen LogP contribution < -0.4 is 9.64 Å². The molecular weight excluding hydrogens is 474 g/mol. The highest BCUT2D eigenvalue weighted by Gasteiger charge is 2.51. The van der Waals surface area contributed by atoms with Crippen LogP contribution in [0, 0.1) is 0 Å². The maximum Gasteiger partial charge on any atom is 0.132 e. The van der Waals surface area contributed by atoms with Gasteiger partial charge in [0.2, 0.25) is 0 Å². The van der Waals surface area contributed by atoms with E-state index in [1.807, 2.05) is 0 Å². The highest BCUT2D eigenvalue weighted by Crippen LogP contribution is 2.62. The second-order valence-corrected chi connectivity index (χ2v) is 10.1. The van der Waals surface area contributed by atoms with Gasteiger partial charge >= 0.3 is 0 Å². The minimum Gasteiger partial charge on any atom is -0.457 e. The highest BCUT2D eigenvalue weighted by molar-refractivity contribution is 5.89. The summed E-state index contributed by atoms with van der Waals surface area (Å²) >= 11 is 0. The first-order chi connectivity index (χ1) is 19.4. The molecule has 0 fully saturated rings. The molecule has 2 aliphatic rings. The second-order valence-electron chi connectivity index (χ2n) is 10.1. The van der Waals surface area contributed by atoms with Crippen LogP contribution >= 0.6 is 0 Å². The van der Waals surface area contributed by atoms with Crippen molar-refractivity contribution in [3.05, 3.63) is 174 Å². The standard InChI is InChI=1S/C37H25NO/c1-3-13-26(14-4-1)38(27-15-5-2-6-16-27)28-23-24-36-34(25-28)37(33-21-11-12-22-35(33)39-36)31-19-9-7-17-29(31)30-18-8-10-20-32(30)37/h1-25H. The summed E-state index contributed by atoms with van der Waals surface area (Å²) in [7, 11) is 0. The SMILES string of the molecule is c1ccc(N(c2ccccc2)c2ccc3c(c2)C2(c4ccccc4O3)c3ccccc3-c3ccccc32)cc1. The number of ether oxygens (including phenoxy) is 1. The molecule has 2 nitrogen and oxygen atoms in total. The van der Waals surface area contributed by atoms with Gasteiger partial charge in [0.25, 0.3) is 0 Å². The second kappa shape index (κ2) is 8.47. The summed E-state index contributed by atoms with van der Waals surface area (Å²) < 4.78 is 6.62. The molecule has 0 saturated heterocycles. The van der Waals surface area contributed by atoms with Crippen molar-refractivity contribution in [1.29, 1.82) is 0 Å². The fourth-order valence-electron chi connectivity index (χ4n) is 6.58. The Labute approximate surface area is 228 Å². The molecule has 0 bridgehead atoms. The third-order valence-corrected chi connectivity index (χ3v) is 8.12. The van der Waals surface area contributed by atoms with Crippen molar-refractivity contribution in [3.63, 3.8) is 0 Å². The van der Waals surface area contributed by atoms with E-state index < -0.39 is 5.41 Å². The maximum absolute atomic E-state index is 6.62. The summed E-state index contributed by atoms with van der Waals surface area (Å²) in [5.74, 6) is 1.80. The van der Waals surface area contributed by atoms with Crippen LogP contribution in [-0.2, 0) is 5.41 Å². The number of anilines is 3. The molecule has 1 aliphatic carbocycles. The smallest absolute Gasteiger partial charge is 0.132 e. The number of hydrogen-bond donors (Lipinski definition) is 0. The van der Waals surface area contributed by atoms with E-state index in [0.29, 0.717) is 0 Å². The van der Waals surface area contributed by atoms with Crippen LogP contribution in [0.15, 0.2) is 152 Å². The molecule has 0 N–H and O–H groups in total. The van der Waals surface area contributed by atoms with E-state index in [2.05, 4.69) is 157 Å². The third-order valence-electron chi connectivity index (χ3n) is 8.12. The molecule has 39 heavy (non-hydrogen) atoms. The molecular formula is C37H25NO. The molecule has 0 amide bonds.